The molecular weight excluding hydrogens is 337 g/mol. The Labute approximate surface area is 142 Å². The summed E-state index contributed by atoms with van der Waals surface area (Å²) in [6.45, 7) is 2.61. The van der Waals surface area contributed by atoms with Crippen LogP contribution in [0.1, 0.15) is 17.7 Å². The first-order chi connectivity index (χ1) is 11.0. The van der Waals surface area contributed by atoms with Gasteiger partial charge in [0.15, 0.2) is 5.65 Å². The number of hydrogen-bond acceptors (Lipinski definition) is 4. The van der Waals surface area contributed by atoms with Crippen molar-refractivity contribution in [3.8, 4) is 0 Å². The monoisotopic (exact) mass is 351 g/mol. The third-order valence-electron chi connectivity index (χ3n) is 3.48. The zero-order valence-electron chi connectivity index (χ0n) is 12.4. The van der Waals surface area contributed by atoms with Crippen molar-refractivity contribution >= 4 is 34.5 Å². The standard InChI is InChI=1S/C15H15Cl2N5O/c1-9-4-5-10(13(17)19-9)3-2-6-18-12-7-11(16)8-22-14(12)20-21-15(22)23/h4-5,7-8,18H,2-3,6H2,1H3,(H,21,23). The van der Waals surface area contributed by atoms with Crippen LogP contribution in [-0.4, -0.2) is 26.1 Å². The molecule has 120 valence electrons. The number of nitrogens with one attached hydrogen (secondary N) is 2. The van der Waals surface area contributed by atoms with Gasteiger partial charge in [-0.05, 0) is 37.5 Å². The topological polar surface area (TPSA) is 75.1 Å². The van der Waals surface area contributed by atoms with Gasteiger partial charge in [-0.15, -0.1) is 0 Å². The molecule has 23 heavy (non-hydrogen) atoms. The maximum Gasteiger partial charge on any atom is 0.347 e. The zero-order valence-corrected chi connectivity index (χ0v) is 13.9. The van der Waals surface area contributed by atoms with E-state index in [9.17, 15) is 4.79 Å². The molecule has 0 saturated carbocycles. The van der Waals surface area contributed by atoms with Crippen molar-refractivity contribution in [2.24, 2.45) is 0 Å². The minimum Gasteiger partial charge on any atom is -0.382 e. The molecule has 0 aromatic carbocycles. The summed E-state index contributed by atoms with van der Waals surface area (Å²) >= 11 is 12.2. The molecule has 0 amide bonds. The maximum atomic E-state index is 11.6. The van der Waals surface area contributed by atoms with E-state index in [0.29, 0.717) is 28.1 Å². The minimum absolute atomic E-state index is 0.317. The molecule has 0 spiro atoms. The molecule has 0 bridgehead atoms. The summed E-state index contributed by atoms with van der Waals surface area (Å²) in [6.07, 6.45) is 3.20. The number of rotatable bonds is 5. The predicted molar refractivity (Wildman–Crippen MR) is 91.6 cm³/mol. The summed E-state index contributed by atoms with van der Waals surface area (Å²) in [5.74, 6) is 0. The van der Waals surface area contributed by atoms with Crippen LogP contribution in [0.4, 0.5) is 5.69 Å². The van der Waals surface area contributed by atoms with Gasteiger partial charge in [0, 0.05) is 18.4 Å². The van der Waals surface area contributed by atoms with Crippen LogP contribution >= 0.6 is 23.2 Å². The van der Waals surface area contributed by atoms with E-state index in [1.807, 2.05) is 19.1 Å². The van der Waals surface area contributed by atoms with Gasteiger partial charge in [-0.2, -0.15) is 5.10 Å². The fourth-order valence-electron chi connectivity index (χ4n) is 2.35. The highest BCUT2D eigenvalue weighted by molar-refractivity contribution is 6.31. The number of fused-ring (bicyclic) bond motifs is 1. The van der Waals surface area contributed by atoms with Crippen LogP contribution in [0, 0.1) is 6.92 Å². The SMILES string of the molecule is Cc1ccc(CCCNc2cc(Cl)cn3c(=O)[nH]nc23)c(Cl)n1. The van der Waals surface area contributed by atoms with E-state index < -0.39 is 0 Å². The fourth-order valence-corrected chi connectivity index (χ4v) is 2.85. The molecule has 8 heteroatoms. The van der Waals surface area contributed by atoms with E-state index in [1.54, 1.807) is 6.07 Å². The lowest BCUT2D eigenvalue weighted by atomic mass is 10.1. The van der Waals surface area contributed by atoms with E-state index in [0.717, 1.165) is 24.1 Å². The van der Waals surface area contributed by atoms with Gasteiger partial charge < -0.3 is 5.32 Å². The van der Waals surface area contributed by atoms with Crippen molar-refractivity contribution in [1.82, 2.24) is 19.6 Å². The van der Waals surface area contributed by atoms with Gasteiger partial charge in [0.1, 0.15) is 5.15 Å². The predicted octanol–water partition coefficient (Wildman–Crippen LogP) is 3.08. The smallest absolute Gasteiger partial charge is 0.347 e. The average Bonchev–Trinajstić information content (AvgIpc) is 2.87. The van der Waals surface area contributed by atoms with E-state index in [2.05, 4.69) is 20.5 Å². The van der Waals surface area contributed by atoms with E-state index in [-0.39, 0.29) is 5.69 Å². The van der Waals surface area contributed by atoms with E-state index in [1.165, 1.54) is 10.6 Å². The molecule has 0 radical (unpaired) electrons. The molecule has 3 aromatic heterocycles. The van der Waals surface area contributed by atoms with Crippen LogP contribution in [0.25, 0.3) is 5.65 Å². The number of aryl methyl sites for hydroxylation is 2. The van der Waals surface area contributed by atoms with Crippen molar-refractivity contribution in [3.63, 3.8) is 0 Å². The second kappa shape index (κ2) is 6.60. The van der Waals surface area contributed by atoms with Gasteiger partial charge in [-0.1, -0.05) is 29.3 Å². The summed E-state index contributed by atoms with van der Waals surface area (Å²) in [4.78, 5) is 15.8. The highest BCUT2D eigenvalue weighted by Gasteiger charge is 2.08. The van der Waals surface area contributed by atoms with Crippen LogP contribution in [0.15, 0.2) is 29.2 Å². The van der Waals surface area contributed by atoms with Crippen LogP contribution in [0.2, 0.25) is 10.2 Å². The molecule has 3 heterocycles. The van der Waals surface area contributed by atoms with Crippen molar-refractivity contribution in [1.29, 1.82) is 0 Å². The summed E-state index contributed by atoms with van der Waals surface area (Å²) in [6, 6.07) is 5.69. The Kier molecular flexibility index (Phi) is 4.54. The minimum atomic E-state index is -0.317. The molecule has 0 aliphatic heterocycles. The summed E-state index contributed by atoms with van der Waals surface area (Å²) in [5.41, 5.74) is 2.84. The molecule has 6 nitrogen and oxygen atoms in total. The first-order valence-electron chi connectivity index (χ1n) is 7.17. The molecule has 0 aliphatic rings. The molecular formula is C15H15Cl2N5O. The number of anilines is 1. The number of nitrogens with zero attached hydrogens (tertiary/aromatic N) is 3. The highest BCUT2D eigenvalue weighted by Crippen LogP contribution is 2.20. The number of aromatic nitrogens is 4. The lowest BCUT2D eigenvalue weighted by molar-refractivity contribution is 0.856. The third-order valence-corrected chi connectivity index (χ3v) is 4.02. The summed E-state index contributed by atoms with van der Waals surface area (Å²) in [5, 5.41) is 10.7. The van der Waals surface area contributed by atoms with Crippen molar-refractivity contribution in [2.75, 3.05) is 11.9 Å². The molecule has 3 rings (SSSR count). The number of halogens is 2. The van der Waals surface area contributed by atoms with E-state index >= 15 is 0 Å². The summed E-state index contributed by atoms with van der Waals surface area (Å²) < 4.78 is 1.38. The lowest BCUT2D eigenvalue weighted by Crippen LogP contribution is -2.10. The highest BCUT2D eigenvalue weighted by atomic mass is 35.5. The number of pyridine rings is 2. The molecule has 0 unspecified atom stereocenters. The largest absolute Gasteiger partial charge is 0.382 e. The summed E-state index contributed by atoms with van der Waals surface area (Å²) in [7, 11) is 0. The van der Waals surface area contributed by atoms with E-state index in [4.69, 9.17) is 23.2 Å². The quantitative estimate of drug-likeness (QED) is 0.547. The van der Waals surface area contributed by atoms with Crippen molar-refractivity contribution in [2.45, 2.75) is 19.8 Å². The zero-order chi connectivity index (χ0) is 16.4. The van der Waals surface area contributed by atoms with Crippen LogP contribution < -0.4 is 11.0 Å². The molecule has 0 atom stereocenters. The lowest BCUT2D eigenvalue weighted by Gasteiger charge is -2.08. The van der Waals surface area contributed by atoms with Crippen LogP contribution in [-0.2, 0) is 6.42 Å². The van der Waals surface area contributed by atoms with Gasteiger partial charge in [-0.25, -0.2) is 19.3 Å². The Hall–Kier alpha value is -2.05. The molecule has 0 saturated heterocycles. The van der Waals surface area contributed by atoms with Gasteiger partial charge >= 0.3 is 5.69 Å². The fraction of sp³-hybridized carbons (Fsp3) is 0.267. The molecule has 0 fully saturated rings. The molecule has 2 N–H and O–H groups in total. The van der Waals surface area contributed by atoms with Crippen LogP contribution in [0.3, 0.4) is 0 Å². The normalized spacial score (nSPS) is 11.1. The van der Waals surface area contributed by atoms with Crippen LogP contribution in [0.5, 0.6) is 0 Å². The second-order valence-corrected chi connectivity index (χ2v) is 6.02. The van der Waals surface area contributed by atoms with Gasteiger partial charge in [0.25, 0.3) is 0 Å². The van der Waals surface area contributed by atoms with Crippen molar-refractivity contribution in [3.05, 3.63) is 56.3 Å². The van der Waals surface area contributed by atoms with Gasteiger partial charge in [0.2, 0.25) is 0 Å². The Balaban J connectivity index is 1.66. The number of H-pyrrole nitrogens is 1. The number of aromatic amines is 1. The van der Waals surface area contributed by atoms with Gasteiger partial charge in [0.05, 0.1) is 10.7 Å². The Morgan fingerprint density at radius 3 is 2.96 bits per heavy atom. The Morgan fingerprint density at radius 2 is 2.17 bits per heavy atom. The first-order valence-corrected chi connectivity index (χ1v) is 7.92. The Morgan fingerprint density at radius 1 is 1.35 bits per heavy atom. The maximum absolute atomic E-state index is 11.6. The molecule has 0 aliphatic carbocycles. The van der Waals surface area contributed by atoms with Gasteiger partial charge in [-0.3, -0.25) is 0 Å². The number of hydrogen-bond donors (Lipinski definition) is 2. The average molecular weight is 352 g/mol. The van der Waals surface area contributed by atoms with Crippen molar-refractivity contribution < 1.29 is 0 Å². The Bertz CT molecular complexity index is 903. The third kappa shape index (κ3) is 3.48. The second-order valence-electron chi connectivity index (χ2n) is 5.23. The molecule has 3 aromatic rings. The first kappa shape index (κ1) is 15.8.